The molecule has 5 heterocycles. The third-order valence-corrected chi connectivity index (χ3v) is 5.20. The molecule has 0 unspecified atom stereocenters. The summed E-state index contributed by atoms with van der Waals surface area (Å²) < 4.78 is 7.36. The van der Waals surface area contributed by atoms with Gasteiger partial charge in [-0.25, -0.2) is 4.68 Å². The number of benzene rings is 1. The number of hydrogen-bond acceptors (Lipinski definition) is 5. The number of fused-ring (bicyclic) bond motifs is 4. The minimum absolute atomic E-state index is 0. The van der Waals surface area contributed by atoms with Crippen molar-refractivity contribution >= 4 is 29.2 Å². The molecule has 3 aliphatic heterocycles. The molecule has 0 radical (unpaired) electrons. The van der Waals surface area contributed by atoms with Crippen molar-refractivity contribution in [3.05, 3.63) is 36.7 Å². The Morgan fingerprint density at radius 3 is 2.79 bits per heavy atom. The van der Waals surface area contributed by atoms with Crippen LogP contribution in [-0.2, 0) is 0 Å². The Morgan fingerprint density at radius 1 is 1.21 bits per heavy atom. The van der Waals surface area contributed by atoms with Gasteiger partial charge in [-0.05, 0) is 50.0 Å². The Kier molecular flexibility index (Phi) is 3.94. The lowest BCUT2D eigenvalue weighted by molar-refractivity contribution is 0.0973. The van der Waals surface area contributed by atoms with Gasteiger partial charge in [-0.2, -0.15) is 5.10 Å². The van der Waals surface area contributed by atoms with Crippen molar-refractivity contribution in [2.75, 3.05) is 25.0 Å². The van der Waals surface area contributed by atoms with Crippen LogP contribution in [0.5, 0.6) is 0 Å². The maximum atomic E-state index is 5.54. The molecular formula is C17H20ClN5O. The number of halogens is 1. The molecule has 7 heteroatoms. The van der Waals surface area contributed by atoms with Gasteiger partial charge in [-0.15, -0.1) is 12.4 Å². The van der Waals surface area contributed by atoms with Crippen LogP contribution in [0.15, 0.2) is 41.2 Å². The summed E-state index contributed by atoms with van der Waals surface area (Å²) in [5, 5.41) is 13.2. The lowest BCUT2D eigenvalue weighted by Crippen LogP contribution is -2.53. The summed E-state index contributed by atoms with van der Waals surface area (Å²) in [5.41, 5.74) is 1.77. The Balaban J connectivity index is 0.00000146. The number of hydrogen-bond donors (Lipinski definition) is 1. The minimum Gasteiger partial charge on any atom is -0.362 e. The summed E-state index contributed by atoms with van der Waals surface area (Å²) in [6.45, 7) is 3.61. The van der Waals surface area contributed by atoms with E-state index in [1.165, 1.54) is 25.9 Å². The van der Waals surface area contributed by atoms with Crippen LogP contribution in [0, 0.1) is 5.92 Å². The summed E-state index contributed by atoms with van der Waals surface area (Å²) in [6, 6.07) is 8.49. The van der Waals surface area contributed by atoms with Crippen molar-refractivity contribution in [1.29, 1.82) is 0 Å². The van der Waals surface area contributed by atoms with Crippen molar-refractivity contribution in [3.8, 4) is 5.69 Å². The quantitative estimate of drug-likeness (QED) is 0.791. The van der Waals surface area contributed by atoms with Crippen molar-refractivity contribution < 1.29 is 4.52 Å². The molecule has 6 nitrogen and oxygen atoms in total. The number of rotatable bonds is 3. The normalized spacial score (nSPS) is 25.6. The maximum absolute atomic E-state index is 5.54. The molecule has 6 rings (SSSR count). The monoisotopic (exact) mass is 345 g/mol. The van der Waals surface area contributed by atoms with E-state index in [9.17, 15) is 0 Å². The average molecular weight is 346 g/mol. The predicted molar refractivity (Wildman–Crippen MR) is 95.0 cm³/mol. The molecule has 0 amide bonds. The lowest BCUT2D eigenvalue weighted by atomic mass is 9.84. The molecule has 1 aromatic carbocycles. The van der Waals surface area contributed by atoms with Crippen LogP contribution in [0.4, 0.5) is 5.82 Å². The van der Waals surface area contributed by atoms with Crippen LogP contribution in [-0.4, -0.2) is 45.5 Å². The molecule has 3 saturated heterocycles. The van der Waals surface area contributed by atoms with E-state index in [2.05, 4.69) is 26.5 Å². The molecule has 2 bridgehead atoms. The minimum atomic E-state index is 0. The highest BCUT2D eigenvalue weighted by atomic mass is 35.5. The van der Waals surface area contributed by atoms with Gasteiger partial charge in [0.15, 0.2) is 11.4 Å². The zero-order chi connectivity index (χ0) is 15.2. The predicted octanol–water partition coefficient (Wildman–Crippen LogP) is 2.94. The SMILES string of the molecule is Cl.c1cnn(-c2ccc3c(N[C@H]4CN5CCC4CC5)noc3c2)c1. The summed E-state index contributed by atoms with van der Waals surface area (Å²) in [4.78, 5) is 2.54. The molecule has 126 valence electrons. The van der Waals surface area contributed by atoms with E-state index in [-0.39, 0.29) is 12.4 Å². The fourth-order valence-corrected chi connectivity index (χ4v) is 3.90. The van der Waals surface area contributed by atoms with E-state index in [1.807, 2.05) is 29.1 Å². The first-order chi connectivity index (χ1) is 11.4. The van der Waals surface area contributed by atoms with E-state index in [1.54, 1.807) is 6.20 Å². The fourth-order valence-electron chi connectivity index (χ4n) is 3.90. The Labute approximate surface area is 146 Å². The van der Waals surface area contributed by atoms with E-state index in [0.717, 1.165) is 34.9 Å². The van der Waals surface area contributed by atoms with Crippen LogP contribution in [0.25, 0.3) is 16.7 Å². The lowest BCUT2D eigenvalue weighted by Gasteiger charge is -2.44. The summed E-state index contributed by atoms with van der Waals surface area (Å²) in [6.07, 6.45) is 6.27. The van der Waals surface area contributed by atoms with E-state index in [0.29, 0.717) is 6.04 Å². The first-order valence-electron chi connectivity index (χ1n) is 8.25. The summed E-state index contributed by atoms with van der Waals surface area (Å²) in [5.74, 6) is 1.63. The highest BCUT2D eigenvalue weighted by Gasteiger charge is 2.34. The molecule has 0 spiro atoms. The van der Waals surface area contributed by atoms with E-state index >= 15 is 0 Å². The zero-order valence-corrected chi connectivity index (χ0v) is 14.1. The van der Waals surface area contributed by atoms with E-state index < -0.39 is 0 Å². The van der Waals surface area contributed by atoms with Gasteiger partial charge in [0.05, 0.1) is 11.1 Å². The van der Waals surface area contributed by atoms with Crippen LogP contribution >= 0.6 is 12.4 Å². The molecule has 1 atom stereocenters. The summed E-state index contributed by atoms with van der Waals surface area (Å²) >= 11 is 0. The largest absolute Gasteiger partial charge is 0.362 e. The van der Waals surface area contributed by atoms with Crippen LogP contribution in [0.1, 0.15) is 12.8 Å². The van der Waals surface area contributed by atoms with Crippen LogP contribution in [0.3, 0.4) is 0 Å². The molecule has 0 saturated carbocycles. The number of anilines is 1. The van der Waals surface area contributed by atoms with Gasteiger partial charge in [0, 0.05) is 31.0 Å². The molecular weight excluding hydrogens is 326 g/mol. The standard InChI is InChI=1S/C17H19N5O.ClH/c1-6-18-22(7-1)13-2-3-14-16(10-13)23-20-17(14)19-15-11-21-8-4-12(15)5-9-21;/h1-3,6-7,10,12,15H,4-5,8-9,11H2,(H,19,20);1H/t15-;/m0./s1. The Morgan fingerprint density at radius 2 is 2.08 bits per heavy atom. The molecule has 3 aromatic rings. The Hall–Kier alpha value is -2.05. The second-order valence-electron chi connectivity index (χ2n) is 6.55. The highest BCUT2D eigenvalue weighted by Crippen LogP contribution is 2.32. The molecule has 0 aliphatic carbocycles. The third kappa shape index (κ3) is 2.56. The van der Waals surface area contributed by atoms with Gasteiger partial charge in [0.25, 0.3) is 0 Å². The van der Waals surface area contributed by atoms with E-state index in [4.69, 9.17) is 4.52 Å². The first-order valence-corrected chi connectivity index (χ1v) is 8.25. The van der Waals surface area contributed by atoms with Gasteiger partial charge in [-0.3, -0.25) is 0 Å². The topological polar surface area (TPSA) is 59.1 Å². The average Bonchev–Trinajstić information content (AvgIpc) is 3.26. The smallest absolute Gasteiger partial charge is 0.177 e. The number of nitrogens with zero attached hydrogens (tertiary/aromatic N) is 4. The van der Waals surface area contributed by atoms with Crippen molar-refractivity contribution in [1.82, 2.24) is 19.8 Å². The maximum Gasteiger partial charge on any atom is 0.177 e. The summed E-state index contributed by atoms with van der Waals surface area (Å²) in [7, 11) is 0. The van der Waals surface area contributed by atoms with Crippen LogP contribution in [0.2, 0.25) is 0 Å². The van der Waals surface area contributed by atoms with Gasteiger partial charge in [0.2, 0.25) is 0 Å². The molecule has 24 heavy (non-hydrogen) atoms. The zero-order valence-electron chi connectivity index (χ0n) is 13.3. The van der Waals surface area contributed by atoms with Gasteiger partial charge in [-0.1, -0.05) is 5.16 Å². The van der Waals surface area contributed by atoms with Crippen molar-refractivity contribution in [2.24, 2.45) is 5.92 Å². The van der Waals surface area contributed by atoms with Gasteiger partial charge < -0.3 is 14.7 Å². The molecule has 3 aliphatic rings. The second-order valence-corrected chi connectivity index (χ2v) is 6.55. The second kappa shape index (κ2) is 6.11. The van der Waals surface area contributed by atoms with Gasteiger partial charge in [0.1, 0.15) is 0 Å². The van der Waals surface area contributed by atoms with Crippen LogP contribution < -0.4 is 5.32 Å². The highest BCUT2D eigenvalue weighted by molar-refractivity contribution is 5.89. The fraction of sp³-hybridized carbons (Fsp3) is 0.412. The Bertz CT molecular complexity index is 823. The number of piperidine rings is 3. The first kappa shape index (κ1) is 15.5. The molecule has 2 aromatic heterocycles. The van der Waals surface area contributed by atoms with Gasteiger partial charge >= 0.3 is 0 Å². The number of nitrogens with one attached hydrogen (secondary N) is 1. The van der Waals surface area contributed by atoms with Crippen molar-refractivity contribution in [3.63, 3.8) is 0 Å². The molecule has 3 fully saturated rings. The third-order valence-electron chi connectivity index (χ3n) is 5.20. The number of aromatic nitrogens is 3. The van der Waals surface area contributed by atoms with Crippen molar-refractivity contribution in [2.45, 2.75) is 18.9 Å². The molecule has 1 N–H and O–H groups in total.